The van der Waals surface area contributed by atoms with Gasteiger partial charge in [0.2, 0.25) is 20.0 Å². The van der Waals surface area contributed by atoms with Crippen molar-refractivity contribution in [2.75, 3.05) is 31.6 Å². The molecule has 0 saturated heterocycles. The van der Waals surface area contributed by atoms with E-state index in [4.69, 9.17) is 5.11 Å². The van der Waals surface area contributed by atoms with E-state index in [0.717, 1.165) is 6.26 Å². The summed E-state index contributed by atoms with van der Waals surface area (Å²) >= 11 is 0. The highest BCUT2D eigenvalue weighted by Crippen LogP contribution is 1.99. The molecule has 0 unspecified atom stereocenters. The van der Waals surface area contributed by atoms with Gasteiger partial charge in [-0.25, -0.2) is 25.9 Å². The average molecular weight is 330 g/mol. The topological polar surface area (TPSA) is 121 Å². The third-order valence-corrected chi connectivity index (χ3v) is 5.38. The first-order valence-corrected chi connectivity index (χ1v) is 9.73. The van der Waals surface area contributed by atoms with Gasteiger partial charge in [-0.1, -0.05) is 6.92 Å². The first-order chi connectivity index (χ1) is 9.08. The minimum Gasteiger partial charge on any atom is -0.481 e. The average Bonchev–Trinajstić information content (AvgIpc) is 2.26. The van der Waals surface area contributed by atoms with E-state index in [1.54, 1.807) is 6.92 Å². The fraction of sp³-hybridized carbons (Fsp3) is 0.900. The molecule has 0 rings (SSSR count). The van der Waals surface area contributed by atoms with Crippen LogP contribution in [0.1, 0.15) is 26.2 Å². The number of carboxylic acids is 1. The number of sulfonamides is 2. The van der Waals surface area contributed by atoms with Gasteiger partial charge in [0.25, 0.3) is 0 Å². The maximum absolute atomic E-state index is 11.5. The molecule has 0 radical (unpaired) electrons. The number of aliphatic carboxylic acids is 1. The molecule has 0 aromatic rings. The largest absolute Gasteiger partial charge is 0.481 e. The zero-order valence-electron chi connectivity index (χ0n) is 11.7. The van der Waals surface area contributed by atoms with Crippen molar-refractivity contribution in [3.05, 3.63) is 0 Å². The van der Waals surface area contributed by atoms with Crippen molar-refractivity contribution in [3.63, 3.8) is 0 Å². The molecule has 0 aliphatic rings. The minimum absolute atomic E-state index is 0.0507. The number of carboxylic acid groups (broad SMARTS) is 1. The second-order valence-corrected chi connectivity index (χ2v) is 8.23. The van der Waals surface area contributed by atoms with Crippen LogP contribution >= 0.6 is 0 Å². The van der Waals surface area contributed by atoms with Gasteiger partial charge in [-0.2, -0.15) is 0 Å². The molecule has 0 spiro atoms. The number of nitrogens with one attached hydrogen (secondary N) is 1. The van der Waals surface area contributed by atoms with Crippen LogP contribution in [0.2, 0.25) is 0 Å². The van der Waals surface area contributed by atoms with Crippen molar-refractivity contribution in [3.8, 4) is 0 Å². The van der Waals surface area contributed by atoms with Gasteiger partial charge in [-0.05, 0) is 12.8 Å². The van der Waals surface area contributed by atoms with E-state index < -0.39 is 26.0 Å². The lowest BCUT2D eigenvalue weighted by molar-refractivity contribution is -0.137. The van der Waals surface area contributed by atoms with Crippen molar-refractivity contribution in [1.29, 1.82) is 0 Å². The summed E-state index contributed by atoms with van der Waals surface area (Å²) < 4.78 is 49.1. The number of carbonyl (C=O) groups is 1. The van der Waals surface area contributed by atoms with Crippen LogP contribution in [0.15, 0.2) is 0 Å². The summed E-state index contributed by atoms with van der Waals surface area (Å²) in [7, 11) is -6.76. The maximum Gasteiger partial charge on any atom is 0.303 e. The number of hydrogen-bond acceptors (Lipinski definition) is 5. The van der Waals surface area contributed by atoms with Crippen molar-refractivity contribution in [2.24, 2.45) is 0 Å². The third-order valence-electron chi connectivity index (χ3n) is 2.53. The predicted molar refractivity (Wildman–Crippen MR) is 75.4 cm³/mol. The Bertz CT molecular complexity index is 500. The lowest BCUT2D eigenvalue weighted by atomic mass is 10.3. The molecule has 0 aromatic carbocycles. The van der Waals surface area contributed by atoms with Crippen molar-refractivity contribution >= 4 is 26.0 Å². The molecule has 8 nitrogen and oxygen atoms in total. The van der Waals surface area contributed by atoms with E-state index in [1.165, 1.54) is 4.31 Å². The fourth-order valence-corrected chi connectivity index (χ4v) is 3.58. The first kappa shape index (κ1) is 19.3. The Morgan fingerprint density at radius 2 is 1.80 bits per heavy atom. The first-order valence-electron chi connectivity index (χ1n) is 6.22. The summed E-state index contributed by atoms with van der Waals surface area (Å²) in [4.78, 5) is 10.3. The van der Waals surface area contributed by atoms with E-state index in [1.807, 2.05) is 0 Å². The van der Waals surface area contributed by atoms with E-state index in [-0.39, 0.29) is 31.7 Å². The highest BCUT2D eigenvalue weighted by atomic mass is 32.2. The Morgan fingerprint density at radius 1 is 1.20 bits per heavy atom. The third kappa shape index (κ3) is 9.23. The molecule has 0 atom stereocenters. The van der Waals surface area contributed by atoms with Gasteiger partial charge >= 0.3 is 5.97 Å². The van der Waals surface area contributed by atoms with Crippen molar-refractivity contribution in [1.82, 2.24) is 9.03 Å². The summed E-state index contributed by atoms with van der Waals surface area (Å²) in [6, 6.07) is 0. The van der Waals surface area contributed by atoms with Crippen LogP contribution in [-0.2, 0) is 24.8 Å². The summed E-state index contributed by atoms with van der Waals surface area (Å²) in [5.74, 6) is -1.28. The van der Waals surface area contributed by atoms with Gasteiger partial charge in [-0.3, -0.25) is 4.79 Å². The zero-order chi connectivity index (χ0) is 15.8. The minimum atomic E-state index is -3.50. The monoisotopic (exact) mass is 330 g/mol. The SMILES string of the molecule is CCN(CCCNS(=O)(=O)CCCC(=O)O)S(C)(=O)=O. The number of nitrogens with zero attached hydrogens (tertiary/aromatic N) is 1. The Balaban J connectivity index is 4.02. The molecule has 0 aromatic heterocycles. The predicted octanol–water partition coefficient (Wildman–Crippen LogP) is -0.558. The molecule has 0 aliphatic heterocycles. The second kappa shape index (κ2) is 8.55. The smallest absolute Gasteiger partial charge is 0.303 e. The Hall–Kier alpha value is -0.710. The molecule has 120 valence electrons. The zero-order valence-corrected chi connectivity index (χ0v) is 13.3. The molecule has 20 heavy (non-hydrogen) atoms. The summed E-state index contributed by atoms with van der Waals surface area (Å²) in [5.41, 5.74) is 0. The molecule has 2 N–H and O–H groups in total. The molecule has 0 bridgehead atoms. The van der Waals surface area contributed by atoms with Crippen LogP contribution in [-0.4, -0.2) is 63.9 Å². The molecule has 10 heteroatoms. The van der Waals surface area contributed by atoms with Crippen LogP contribution in [0, 0.1) is 0 Å². The van der Waals surface area contributed by atoms with E-state index in [2.05, 4.69) is 4.72 Å². The molecule has 0 fully saturated rings. The van der Waals surface area contributed by atoms with E-state index >= 15 is 0 Å². The van der Waals surface area contributed by atoms with Gasteiger partial charge in [0.1, 0.15) is 0 Å². The molecular formula is C10H22N2O6S2. The highest BCUT2D eigenvalue weighted by molar-refractivity contribution is 7.89. The van der Waals surface area contributed by atoms with E-state index in [9.17, 15) is 21.6 Å². The summed E-state index contributed by atoms with van der Waals surface area (Å²) in [6.07, 6.45) is 1.32. The Kier molecular flexibility index (Phi) is 8.25. The highest BCUT2D eigenvalue weighted by Gasteiger charge is 2.14. The van der Waals surface area contributed by atoms with Gasteiger partial charge in [0.15, 0.2) is 0 Å². The van der Waals surface area contributed by atoms with Crippen LogP contribution in [0.3, 0.4) is 0 Å². The lowest BCUT2D eigenvalue weighted by Gasteiger charge is -2.17. The van der Waals surface area contributed by atoms with Crippen LogP contribution in [0.4, 0.5) is 0 Å². The molecule has 0 heterocycles. The summed E-state index contributed by atoms with van der Waals surface area (Å²) in [6.45, 7) is 2.41. The van der Waals surface area contributed by atoms with Crippen molar-refractivity contribution < 1.29 is 26.7 Å². The quantitative estimate of drug-likeness (QED) is 0.490. The van der Waals surface area contributed by atoms with E-state index in [0.29, 0.717) is 13.0 Å². The van der Waals surface area contributed by atoms with Crippen molar-refractivity contribution in [2.45, 2.75) is 26.2 Å². The summed E-state index contributed by atoms with van der Waals surface area (Å²) in [5, 5.41) is 8.41. The Labute approximate surface area is 120 Å². The molecule has 0 amide bonds. The van der Waals surface area contributed by atoms with Gasteiger partial charge < -0.3 is 5.11 Å². The molecule has 0 saturated carbocycles. The molecule has 0 aliphatic carbocycles. The van der Waals surface area contributed by atoms with Crippen LogP contribution < -0.4 is 4.72 Å². The Morgan fingerprint density at radius 3 is 2.25 bits per heavy atom. The van der Waals surface area contributed by atoms with Gasteiger partial charge in [0, 0.05) is 26.1 Å². The fourth-order valence-electron chi connectivity index (χ4n) is 1.53. The number of rotatable bonds is 11. The van der Waals surface area contributed by atoms with Crippen LogP contribution in [0.25, 0.3) is 0 Å². The van der Waals surface area contributed by atoms with Gasteiger partial charge in [-0.15, -0.1) is 0 Å². The molecular weight excluding hydrogens is 308 g/mol. The number of hydrogen-bond donors (Lipinski definition) is 2. The van der Waals surface area contributed by atoms with Gasteiger partial charge in [0.05, 0.1) is 12.0 Å². The second-order valence-electron chi connectivity index (χ2n) is 4.32. The normalized spacial score (nSPS) is 12.8. The lowest BCUT2D eigenvalue weighted by Crippen LogP contribution is -2.34. The maximum atomic E-state index is 11.5. The van der Waals surface area contributed by atoms with Crippen LogP contribution in [0.5, 0.6) is 0 Å². The standard InChI is InChI=1S/C10H22N2O6S2/c1-3-12(19(2,15)16)8-5-7-11-20(17,18)9-4-6-10(13)14/h11H,3-9H2,1-2H3,(H,13,14).